The minimum absolute atomic E-state index is 0.266. The predicted molar refractivity (Wildman–Crippen MR) is 71.9 cm³/mol. The fourth-order valence-electron chi connectivity index (χ4n) is 2.42. The average Bonchev–Trinajstić information content (AvgIpc) is 2.63. The molecule has 0 saturated heterocycles. The molecule has 1 heterocycles. The highest BCUT2D eigenvalue weighted by Gasteiger charge is 2.23. The van der Waals surface area contributed by atoms with E-state index in [4.69, 9.17) is 5.73 Å². The van der Waals surface area contributed by atoms with E-state index in [1.54, 1.807) is 0 Å². The van der Waals surface area contributed by atoms with Crippen molar-refractivity contribution in [2.45, 2.75) is 50.4 Å². The van der Waals surface area contributed by atoms with Crippen LogP contribution in [0.1, 0.15) is 44.0 Å². The molecule has 0 radical (unpaired) electrons. The number of rotatable bonds is 3. The highest BCUT2D eigenvalue weighted by molar-refractivity contribution is 7.99. The van der Waals surface area contributed by atoms with Gasteiger partial charge >= 0.3 is 0 Å². The number of fused-ring (bicyclic) bond motifs is 1. The molecule has 0 saturated carbocycles. The fourth-order valence-corrected chi connectivity index (χ4v) is 2.68. The number of hydrogen-bond acceptors (Lipinski definition) is 2. The maximum Gasteiger partial charge on any atom is 0.0364 e. The standard InChI is InChI=1S/C13H22N2S/c1-13(2,16-3)9-15-8-7-10-11(14)5-4-6-12(10)15/h7-8,11H,4-6,9,14H2,1-3H3. The smallest absolute Gasteiger partial charge is 0.0364 e. The van der Waals surface area contributed by atoms with Gasteiger partial charge in [-0.1, -0.05) is 0 Å². The van der Waals surface area contributed by atoms with Gasteiger partial charge in [0.25, 0.3) is 0 Å². The lowest BCUT2D eigenvalue weighted by Crippen LogP contribution is -2.25. The molecule has 0 aromatic carbocycles. The molecule has 2 rings (SSSR count). The summed E-state index contributed by atoms with van der Waals surface area (Å²) in [6.45, 7) is 5.68. The van der Waals surface area contributed by atoms with Gasteiger partial charge in [0.05, 0.1) is 0 Å². The van der Waals surface area contributed by atoms with Crippen LogP contribution < -0.4 is 5.73 Å². The van der Waals surface area contributed by atoms with Crippen LogP contribution in [0.3, 0.4) is 0 Å². The molecule has 1 aromatic rings. The molecule has 90 valence electrons. The number of thioether (sulfide) groups is 1. The quantitative estimate of drug-likeness (QED) is 0.877. The van der Waals surface area contributed by atoms with Gasteiger partial charge in [0.1, 0.15) is 0 Å². The summed E-state index contributed by atoms with van der Waals surface area (Å²) in [5, 5.41) is 0. The molecule has 0 fully saturated rings. The van der Waals surface area contributed by atoms with E-state index >= 15 is 0 Å². The van der Waals surface area contributed by atoms with E-state index in [1.165, 1.54) is 24.1 Å². The third kappa shape index (κ3) is 2.30. The second-order valence-corrected chi connectivity index (χ2v) is 6.82. The summed E-state index contributed by atoms with van der Waals surface area (Å²) in [7, 11) is 0. The Balaban J connectivity index is 2.23. The zero-order valence-corrected chi connectivity index (χ0v) is 11.3. The Bertz CT molecular complexity index is 368. The topological polar surface area (TPSA) is 30.9 Å². The first-order valence-electron chi connectivity index (χ1n) is 6.02. The normalized spacial score (nSPS) is 20.9. The van der Waals surface area contributed by atoms with E-state index in [2.05, 4.69) is 36.9 Å². The van der Waals surface area contributed by atoms with Crippen molar-refractivity contribution in [1.82, 2.24) is 4.57 Å². The molecule has 2 nitrogen and oxygen atoms in total. The van der Waals surface area contributed by atoms with E-state index in [9.17, 15) is 0 Å². The average molecular weight is 238 g/mol. The fraction of sp³-hybridized carbons (Fsp3) is 0.692. The van der Waals surface area contributed by atoms with E-state index in [0.29, 0.717) is 4.75 Å². The van der Waals surface area contributed by atoms with Crippen molar-refractivity contribution in [2.24, 2.45) is 5.73 Å². The molecule has 0 bridgehead atoms. The molecule has 1 aromatic heterocycles. The van der Waals surface area contributed by atoms with Gasteiger partial charge in [-0.2, -0.15) is 11.8 Å². The van der Waals surface area contributed by atoms with Crippen LogP contribution in [0, 0.1) is 0 Å². The van der Waals surface area contributed by atoms with Gasteiger partial charge < -0.3 is 10.3 Å². The minimum Gasteiger partial charge on any atom is -0.350 e. The molecular weight excluding hydrogens is 216 g/mol. The molecule has 2 N–H and O–H groups in total. The van der Waals surface area contributed by atoms with Crippen LogP contribution >= 0.6 is 11.8 Å². The first-order chi connectivity index (χ1) is 7.53. The molecule has 1 aliphatic rings. The van der Waals surface area contributed by atoms with Gasteiger partial charge in [-0.15, -0.1) is 0 Å². The predicted octanol–water partition coefficient (Wildman–Crippen LogP) is 2.97. The van der Waals surface area contributed by atoms with Crippen molar-refractivity contribution in [2.75, 3.05) is 6.26 Å². The minimum atomic E-state index is 0.266. The summed E-state index contributed by atoms with van der Waals surface area (Å²) in [5.41, 5.74) is 8.99. The Morgan fingerprint density at radius 1 is 1.56 bits per heavy atom. The third-order valence-electron chi connectivity index (χ3n) is 3.55. The summed E-state index contributed by atoms with van der Waals surface area (Å²) >= 11 is 1.92. The molecule has 1 unspecified atom stereocenters. The Kier molecular flexibility index (Phi) is 3.36. The Morgan fingerprint density at radius 3 is 3.00 bits per heavy atom. The molecule has 3 heteroatoms. The second kappa shape index (κ2) is 4.46. The summed E-state index contributed by atoms with van der Waals surface area (Å²) in [4.78, 5) is 0. The first kappa shape index (κ1) is 12.1. The number of aromatic nitrogens is 1. The van der Waals surface area contributed by atoms with Gasteiger partial charge in [-0.05, 0) is 51.0 Å². The summed E-state index contributed by atoms with van der Waals surface area (Å²) in [5.74, 6) is 0. The van der Waals surface area contributed by atoms with Crippen LogP contribution in [0.15, 0.2) is 12.3 Å². The molecule has 0 amide bonds. The van der Waals surface area contributed by atoms with Crippen molar-refractivity contribution in [3.8, 4) is 0 Å². The van der Waals surface area contributed by atoms with Crippen molar-refractivity contribution in [1.29, 1.82) is 0 Å². The van der Waals surface area contributed by atoms with Crippen molar-refractivity contribution < 1.29 is 0 Å². The Labute approximate surface area is 103 Å². The van der Waals surface area contributed by atoms with Gasteiger partial charge in [0.2, 0.25) is 0 Å². The van der Waals surface area contributed by atoms with Crippen LogP contribution in [0.5, 0.6) is 0 Å². The molecule has 0 aliphatic heterocycles. The lowest BCUT2D eigenvalue weighted by Gasteiger charge is -2.26. The molecule has 0 spiro atoms. The monoisotopic (exact) mass is 238 g/mol. The number of nitrogens with two attached hydrogens (primary N) is 1. The maximum absolute atomic E-state index is 6.14. The number of hydrogen-bond donors (Lipinski definition) is 1. The zero-order chi connectivity index (χ0) is 11.8. The zero-order valence-electron chi connectivity index (χ0n) is 10.5. The van der Waals surface area contributed by atoms with Crippen molar-refractivity contribution in [3.05, 3.63) is 23.5 Å². The summed E-state index contributed by atoms with van der Waals surface area (Å²) < 4.78 is 2.71. The highest BCUT2D eigenvalue weighted by atomic mass is 32.2. The van der Waals surface area contributed by atoms with Crippen LogP contribution in [0.25, 0.3) is 0 Å². The van der Waals surface area contributed by atoms with E-state index in [-0.39, 0.29) is 6.04 Å². The lowest BCUT2D eigenvalue weighted by molar-refractivity contribution is 0.509. The van der Waals surface area contributed by atoms with Crippen LogP contribution in [-0.2, 0) is 13.0 Å². The van der Waals surface area contributed by atoms with Crippen molar-refractivity contribution in [3.63, 3.8) is 0 Å². The van der Waals surface area contributed by atoms with Gasteiger partial charge in [0, 0.05) is 29.2 Å². The molecule has 16 heavy (non-hydrogen) atoms. The van der Waals surface area contributed by atoms with Crippen LogP contribution in [0.4, 0.5) is 0 Å². The van der Waals surface area contributed by atoms with Crippen LogP contribution in [-0.4, -0.2) is 15.6 Å². The molecular formula is C13H22N2S. The van der Waals surface area contributed by atoms with E-state index in [1.807, 2.05) is 11.8 Å². The lowest BCUT2D eigenvalue weighted by atomic mass is 9.93. The second-order valence-electron chi connectivity index (χ2n) is 5.31. The van der Waals surface area contributed by atoms with E-state index in [0.717, 1.165) is 13.0 Å². The molecule has 1 aliphatic carbocycles. The third-order valence-corrected chi connectivity index (χ3v) is 4.78. The van der Waals surface area contributed by atoms with Gasteiger partial charge in [-0.25, -0.2) is 0 Å². The summed E-state index contributed by atoms with van der Waals surface area (Å²) in [6, 6.07) is 2.48. The SMILES string of the molecule is CSC(C)(C)Cn1ccc2c1CCCC2N. The van der Waals surface area contributed by atoms with Gasteiger partial charge in [0.15, 0.2) is 0 Å². The maximum atomic E-state index is 6.14. The van der Waals surface area contributed by atoms with Crippen molar-refractivity contribution >= 4 is 11.8 Å². The Hall–Kier alpha value is -0.410. The van der Waals surface area contributed by atoms with E-state index < -0.39 is 0 Å². The van der Waals surface area contributed by atoms with Crippen LogP contribution in [0.2, 0.25) is 0 Å². The highest BCUT2D eigenvalue weighted by Crippen LogP contribution is 2.31. The first-order valence-corrected chi connectivity index (χ1v) is 7.24. The number of nitrogens with zero attached hydrogens (tertiary/aromatic N) is 1. The largest absolute Gasteiger partial charge is 0.350 e. The van der Waals surface area contributed by atoms with Gasteiger partial charge in [-0.3, -0.25) is 0 Å². The molecule has 1 atom stereocenters. The summed E-state index contributed by atoms with van der Waals surface area (Å²) in [6.07, 6.45) is 7.97. The Morgan fingerprint density at radius 2 is 2.31 bits per heavy atom.